The van der Waals surface area contributed by atoms with Crippen LogP contribution in [0.5, 0.6) is 0 Å². The average molecular weight is 541 g/mol. The Balaban J connectivity index is 1.30. The lowest BCUT2D eigenvalue weighted by Crippen LogP contribution is -2.64. The Kier molecular flexibility index (Phi) is 8.18. The molecule has 2 heterocycles. The minimum absolute atomic E-state index is 0.281. The molecule has 2 aliphatic heterocycles. The zero-order valence-corrected chi connectivity index (χ0v) is 22.3. The number of ether oxygens (including phenoxy) is 6. The molecule has 0 spiro atoms. The molecule has 0 aliphatic carbocycles. The van der Waals surface area contributed by atoms with Gasteiger partial charge < -0.3 is 28.4 Å². The van der Waals surface area contributed by atoms with Gasteiger partial charge in [0.25, 0.3) is 0 Å². The first-order chi connectivity index (χ1) is 19.7. The van der Waals surface area contributed by atoms with E-state index in [1.165, 1.54) is 0 Å². The molecule has 0 N–H and O–H groups in total. The number of carbonyl (C=O) groups excluding carboxylic acids is 1. The van der Waals surface area contributed by atoms with Crippen LogP contribution in [0, 0.1) is 0 Å². The van der Waals surface area contributed by atoms with E-state index in [0.717, 1.165) is 21.9 Å². The second-order valence-corrected chi connectivity index (χ2v) is 9.87. The van der Waals surface area contributed by atoms with Crippen LogP contribution in [-0.4, -0.2) is 49.9 Å². The molecule has 2 aliphatic rings. The first-order valence-electron chi connectivity index (χ1n) is 13.6. The Morgan fingerprint density at radius 3 is 2.30 bits per heavy atom. The van der Waals surface area contributed by atoms with Crippen LogP contribution in [0.4, 0.5) is 0 Å². The Morgan fingerprint density at radius 1 is 0.800 bits per heavy atom. The number of rotatable bonds is 8. The topological polar surface area (TPSA) is 72.5 Å². The Hall–Kier alpha value is -3.59. The second-order valence-electron chi connectivity index (χ2n) is 9.87. The third kappa shape index (κ3) is 5.80. The van der Waals surface area contributed by atoms with E-state index in [9.17, 15) is 4.79 Å². The molecular weight excluding hydrogens is 508 g/mol. The Morgan fingerprint density at radius 2 is 1.52 bits per heavy atom. The summed E-state index contributed by atoms with van der Waals surface area (Å²) in [6.45, 7) is 2.81. The lowest BCUT2D eigenvalue weighted by atomic mass is 9.97. The van der Waals surface area contributed by atoms with Gasteiger partial charge in [0.15, 0.2) is 18.7 Å². The van der Waals surface area contributed by atoms with Gasteiger partial charge in [-0.2, -0.15) is 0 Å². The van der Waals surface area contributed by atoms with Crippen LogP contribution in [0.15, 0.2) is 103 Å². The molecule has 2 saturated heterocycles. The van der Waals surface area contributed by atoms with Crippen molar-refractivity contribution < 1.29 is 33.2 Å². The molecule has 0 amide bonds. The average Bonchev–Trinajstić information content (AvgIpc) is 3.01. The number of fused-ring (bicyclic) bond motifs is 2. The largest absolute Gasteiger partial charge is 0.450 e. The van der Waals surface area contributed by atoms with E-state index in [4.69, 9.17) is 28.4 Å². The maximum Gasteiger partial charge on any atom is 0.338 e. The molecule has 0 bridgehead atoms. The smallest absolute Gasteiger partial charge is 0.338 e. The van der Waals surface area contributed by atoms with E-state index in [1.807, 2.05) is 61.5 Å². The van der Waals surface area contributed by atoms with Crippen molar-refractivity contribution in [3.8, 4) is 0 Å². The van der Waals surface area contributed by atoms with Crippen LogP contribution in [0.3, 0.4) is 0 Å². The Labute approximate surface area is 233 Å². The van der Waals surface area contributed by atoms with Gasteiger partial charge in [0.05, 0.1) is 18.8 Å². The number of esters is 1. The van der Waals surface area contributed by atoms with Gasteiger partial charge in [-0.25, -0.2) is 4.79 Å². The molecule has 0 radical (unpaired) electrons. The van der Waals surface area contributed by atoms with Crippen molar-refractivity contribution in [3.63, 3.8) is 0 Å². The molecule has 4 unspecified atom stereocenters. The van der Waals surface area contributed by atoms with Crippen molar-refractivity contribution in [2.45, 2.75) is 50.5 Å². The molecule has 7 nitrogen and oxygen atoms in total. The predicted octanol–water partition coefficient (Wildman–Crippen LogP) is 5.83. The van der Waals surface area contributed by atoms with Crippen molar-refractivity contribution in [1.82, 2.24) is 0 Å². The molecule has 4 aromatic rings. The van der Waals surface area contributed by atoms with Gasteiger partial charge in [0.1, 0.15) is 18.3 Å². The summed E-state index contributed by atoms with van der Waals surface area (Å²) in [7, 11) is 0. The maximum absolute atomic E-state index is 13.2. The summed E-state index contributed by atoms with van der Waals surface area (Å²) in [5, 5.41) is 2.28. The number of hydrogen-bond donors (Lipinski definition) is 0. The summed E-state index contributed by atoms with van der Waals surface area (Å²) in [5.41, 5.74) is 2.32. The van der Waals surface area contributed by atoms with Gasteiger partial charge in [-0.1, -0.05) is 84.9 Å². The van der Waals surface area contributed by atoms with Crippen molar-refractivity contribution in [1.29, 1.82) is 0 Å². The van der Waals surface area contributed by atoms with E-state index in [2.05, 4.69) is 24.3 Å². The molecule has 40 heavy (non-hydrogen) atoms. The fourth-order valence-electron chi connectivity index (χ4n) is 5.23. The summed E-state index contributed by atoms with van der Waals surface area (Å²) in [6, 6.07) is 33.0. The predicted molar refractivity (Wildman–Crippen MR) is 148 cm³/mol. The van der Waals surface area contributed by atoms with Crippen LogP contribution < -0.4 is 0 Å². The van der Waals surface area contributed by atoms with Gasteiger partial charge in [0, 0.05) is 12.2 Å². The van der Waals surface area contributed by atoms with Gasteiger partial charge >= 0.3 is 5.97 Å². The number of hydrogen-bond acceptors (Lipinski definition) is 7. The highest BCUT2D eigenvalue weighted by Crippen LogP contribution is 2.37. The van der Waals surface area contributed by atoms with Gasteiger partial charge in [0.2, 0.25) is 0 Å². The monoisotopic (exact) mass is 540 g/mol. The lowest BCUT2D eigenvalue weighted by molar-refractivity contribution is -0.365. The van der Waals surface area contributed by atoms with Crippen molar-refractivity contribution in [2.75, 3.05) is 13.2 Å². The first-order valence-corrected chi connectivity index (χ1v) is 13.6. The first kappa shape index (κ1) is 26.6. The highest BCUT2D eigenvalue weighted by Gasteiger charge is 2.53. The van der Waals surface area contributed by atoms with Crippen molar-refractivity contribution in [3.05, 3.63) is 120 Å². The van der Waals surface area contributed by atoms with E-state index in [0.29, 0.717) is 12.2 Å². The Bertz CT molecular complexity index is 1410. The molecule has 4 aromatic carbocycles. The van der Waals surface area contributed by atoms with Gasteiger partial charge in [-0.15, -0.1) is 0 Å². The quantitative estimate of drug-likeness (QED) is 0.261. The van der Waals surface area contributed by atoms with E-state index in [-0.39, 0.29) is 13.2 Å². The number of carbonyl (C=O) groups is 1. The van der Waals surface area contributed by atoms with Crippen LogP contribution >= 0.6 is 0 Å². The van der Waals surface area contributed by atoms with Crippen LogP contribution in [0.1, 0.15) is 34.7 Å². The normalized spacial score (nSPS) is 26.2. The summed E-state index contributed by atoms with van der Waals surface area (Å²) in [5.74, 6) is -0.483. The molecule has 6 atom stereocenters. The SMILES string of the molecule is CCO[C@@H]1OC2COC(c3ccccc3)O[C@@H]2C(OCc2ccc3ccccc3c2)C1OC(=O)c1ccccc1. The van der Waals surface area contributed by atoms with Crippen molar-refractivity contribution >= 4 is 16.7 Å². The minimum atomic E-state index is -0.871. The summed E-state index contributed by atoms with van der Waals surface area (Å²) < 4.78 is 37.4. The zero-order chi connectivity index (χ0) is 27.3. The van der Waals surface area contributed by atoms with E-state index < -0.39 is 43.0 Å². The third-order valence-electron chi connectivity index (χ3n) is 7.20. The highest BCUT2D eigenvalue weighted by atomic mass is 16.8. The highest BCUT2D eigenvalue weighted by molar-refractivity contribution is 5.89. The molecule has 0 saturated carbocycles. The molecule has 2 fully saturated rings. The fraction of sp³-hybridized carbons (Fsp3) is 0.303. The molecule has 7 heteroatoms. The summed E-state index contributed by atoms with van der Waals surface area (Å²) in [4.78, 5) is 13.2. The maximum atomic E-state index is 13.2. The standard InChI is InChI=1S/C33H32O7/c1-2-35-33-30(39-31(34)24-12-5-3-6-13-24)29(36-20-22-17-18-23-11-9-10-16-26(23)19-22)28-27(38-33)21-37-32(40-28)25-14-7-4-8-15-25/h3-19,27-30,32-33H,2,20-21H2,1H3/t27?,28-,29?,30?,32?,33+/m0/s1. The van der Waals surface area contributed by atoms with Crippen LogP contribution in [-0.2, 0) is 35.0 Å². The van der Waals surface area contributed by atoms with E-state index >= 15 is 0 Å². The fourth-order valence-corrected chi connectivity index (χ4v) is 5.23. The van der Waals surface area contributed by atoms with Crippen molar-refractivity contribution in [2.24, 2.45) is 0 Å². The van der Waals surface area contributed by atoms with Crippen LogP contribution in [0.25, 0.3) is 10.8 Å². The number of benzene rings is 4. The summed E-state index contributed by atoms with van der Waals surface area (Å²) in [6.07, 6.45) is -4.03. The molecular formula is C33H32O7. The molecule has 206 valence electrons. The van der Waals surface area contributed by atoms with E-state index in [1.54, 1.807) is 24.3 Å². The second kappa shape index (κ2) is 12.3. The van der Waals surface area contributed by atoms with Crippen LogP contribution in [0.2, 0.25) is 0 Å². The minimum Gasteiger partial charge on any atom is -0.450 e. The third-order valence-corrected chi connectivity index (χ3v) is 7.20. The molecule has 0 aromatic heterocycles. The zero-order valence-electron chi connectivity index (χ0n) is 22.3. The molecule has 6 rings (SSSR count). The van der Waals surface area contributed by atoms with Gasteiger partial charge in [-0.3, -0.25) is 0 Å². The summed E-state index contributed by atoms with van der Waals surface area (Å²) >= 11 is 0. The lowest BCUT2D eigenvalue weighted by Gasteiger charge is -2.48. The van der Waals surface area contributed by atoms with Gasteiger partial charge in [-0.05, 0) is 41.5 Å².